The fourth-order valence-electron chi connectivity index (χ4n) is 11.5. The van der Waals surface area contributed by atoms with E-state index in [1.165, 1.54) is 63.4 Å². The van der Waals surface area contributed by atoms with Crippen molar-refractivity contribution in [1.82, 2.24) is 0 Å². The minimum atomic E-state index is -0.118. The Morgan fingerprint density at radius 2 is 1.45 bits per heavy atom. The summed E-state index contributed by atoms with van der Waals surface area (Å²) in [5, 5.41) is 10.9. The van der Waals surface area contributed by atoms with Crippen molar-refractivity contribution < 1.29 is 5.11 Å². The van der Waals surface area contributed by atoms with Gasteiger partial charge in [-0.3, -0.25) is 0 Å². The van der Waals surface area contributed by atoms with Crippen LogP contribution in [0.15, 0.2) is 12.2 Å². The molecule has 0 amide bonds. The van der Waals surface area contributed by atoms with Crippen molar-refractivity contribution in [2.45, 2.75) is 119 Å². The number of rotatable bonds is 1. The third-order valence-electron chi connectivity index (χ3n) is 13.5. The zero-order valence-electron chi connectivity index (χ0n) is 21.7. The molecule has 5 saturated carbocycles. The normalized spacial score (nSPS) is 57.9. The molecule has 0 aromatic carbocycles. The smallest absolute Gasteiger partial charge is 0.0594 e. The second-order valence-corrected chi connectivity index (χ2v) is 14.7. The van der Waals surface area contributed by atoms with Gasteiger partial charge in [0.1, 0.15) is 0 Å². The van der Waals surface area contributed by atoms with Crippen LogP contribution >= 0.6 is 0 Å². The fraction of sp³-hybridized carbons (Fsp3) is 0.933. The van der Waals surface area contributed by atoms with E-state index in [1.807, 2.05) is 0 Å². The highest BCUT2D eigenvalue weighted by Gasteiger charge is 2.70. The molecule has 5 fully saturated rings. The SMILES string of the molecule is C=C(C)C1CC[C@]2(C)CC[C@]3(C)[C@H](CCC4[C@@]5(C)CC[C@@H](O)C(C)(C)[C@@H]5CC[C@]43C)C12. The van der Waals surface area contributed by atoms with Crippen molar-refractivity contribution >= 4 is 0 Å². The molecule has 0 aromatic heterocycles. The van der Waals surface area contributed by atoms with Crippen molar-refractivity contribution in [1.29, 1.82) is 0 Å². The van der Waals surface area contributed by atoms with Gasteiger partial charge < -0.3 is 5.11 Å². The average Bonchev–Trinajstić information content (AvgIpc) is 3.04. The Labute approximate surface area is 192 Å². The molecule has 1 heteroatoms. The van der Waals surface area contributed by atoms with Crippen LogP contribution in [0.2, 0.25) is 0 Å². The summed E-state index contributed by atoms with van der Waals surface area (Å²) in [5.74, 6) is 3.98. The van der Waals surface area contributed by atoms with Gasteiger partial charge >= 0.3 is 0 Å². The molecule has 0 spiro atoms. The predicted molar refractivity (Wildman–Crippen MR) is 131 cm³/mol. The van der Waals surface area contributed by atoms with E-state index in [9.17, 15) is 5.11 Å². The van der Waals surface area contributed by atoms with E-state index >= 15 is 0 Å². The zero-order valence-corrected chi connectivity index (χ0v) is 21.7. The van der Waals surface area contributed by atoms with Gasteiger partial charge in [-0.15, -0.1) is 0 Å². The van der Waals surface area contributed by atoms with E-state index in [1.54, 1.807) is 0 Å². The maximum atomic E-state index is 10.9. The summed E-state index contributed by atoms with van der Waals surface area (Å²) < 4.78 is 0. The molecule has 1 nitrogen and oxygen atoms in total. The lowest BCUT2D eigenvalue weighted by atomic mass is 9.32. The van der Waals surface area contributed by atoms with Gasteiger partial charge in [-0.25, -0.2) is 0 Å². The number of fused-ring (bicyclic) bond motifs is 7. The molecular weight excluding hydrogens is 376 g/mol. The Hall–Kier alpha value is -0.300. The quantitative estimate of drug-likeness (QED) is 0.421. The Kier molecular flexibility index (Phi) is 4.82. The summed E-state index contributed by atoms with van der Waals surface area (Å²) >= 11 is 0. The summed E-state index contributed by atoms with van der Waals surface area (Å²) in [6.45, 7) is 22.3. The fourth-order valence-corrected chi connectivity index (χ4v) is 11.5. The van der Waals surface area contributed by atoms with E-state index in [2.05, 4.69) is 55.0 Å². The predicted octanol–water partition coefficient (Wildman–Crippen LogP) is 8.02. The Morgan fingerprint density at radius 3 is 2.13 bits per heavy atom. The highest BCUT2D eigenvalue weighted by Crippen LogP contribution is 2.77. The minimum absolute atomic E-state index is 0.0632. The molecule has 10 atom stereocenters. The second-order valence-electron chi connectivity index (χ2n) is 14.7. The molecule has 5 aliphatic rings. The summed E-state index contributed by atoms with van der Waals surface area (Å²) in [5.41, 5.74) is 3.38. The number of hydrogen-bond donors (Lipinski definition) is 1. The zero-order chi connectivity index (χ0) is 22.6. The van der Waals surface area contributed by atoms with E-state index in [0.29, 0.717) is 27.6 Å². The lowest BCUT2D eigenvalue weighted by Gasteiger charge is -2.73. The Balaban J connectivity index is 1.54. The van der Waals surface area contributed by atoms with Crippen LogP contribution < -0.4 is 0 Å². The highest BCUT2D eigenvalue weighted by molar-refractivity contribution is 5.21. The van der Waals surface area contributed by atoms with Crippen LogP contribution in [0.25, 0.3) is 0 Å². The van der Waals surface area contributed by atoms with Crippen molar-refractivity contribution in [2.24, 2.45) is 56.7 Å². The van der Waals surface area contributed by atoms with Crippen molar-refractivity contribution in [3.8, 4) is 0 Å². The first-order valence-corrected chi connectivity index (χ1v) is 13.6. The van der Waals surface area contributed by atoms with Crippen LogP contribution in [0.1, 0.15) is 113 Å². The van der Waals surface area contributed by atoms with Crippen LogP contribution in [0.3, 0.4) is 0 Å². The lowest BCUT2D eigenvalue weighted by molar-refractivity contribution is -0.246. The van der Waals surface area contributed by atoms with Gasteiger partial charge in [0.05, 0.1) is 6.10 Å². The summed E-state index contributed by atoms with van der Waals surface area (Å²) in [7, 11) is 0. The van der Waals surface area contributed by atoms with E-state index < -0.39 is 0 Å². The van der Waals surface area contributed by atoms with Gasteiger partial charge in [-0.05, 0) is 128 Å². The van der Waals surface area contributed by atoms with Crippen LogP contribution in [0.5, 0.6) is 0 Å². The molecule has 0 saturated heterocycles. The molecule has 176 valence electrons. The first-order valence-electron chi connectivity index (χ1n) is 13.6. The van der Waals surface area contributed by atoms with Crippen LogP contribution in [-0.4, -0.2) is 11.2 Å². The molecule has 31 heavy (non-hydrogen) atoms. The third-order valence-corrected chi connectivity index (χ3v) is 13.5. The maximum Gasteiger partial charge on any atom is 0.0594 e. The van der Waals surface area contributed by atoms with Gasteiger partial charge in [-0.2, -0.15) is 0 Å². The second kappa shape index (κ2) is 6.64. The molecule has 0 aromatic rings. The molecule has 1 N–H and O–H groups in total. The number of aliphatic hydroxyl groups excluding tert-OH is 1. The van der Waals surface area contributed by atoms with Crippen molar-refractivity contribution in [3.05, 3.63) is 12.2 Å². The van der Waals surface area contributed by atoms with Gasteiger partial charge in [0.2, 0.25) is 0 Å². The molecule has 5 aliphatic carbocycles. The summed E-state index contributed by atoms with van der Waals surface area (Å²) in [6, 6.07) is 0. The van der Waals surface area contributed by atoms with Crippen LogP contribution in [-0.2, 0) is 0 Å². The molecule has 5 rings (SSSR count). The average molecular weight is 427 g/mol. The highest BCUT2D eigenvalue weighted by atomic mass is 16.3. The molecular formula is C30H50O. The van der Waals surface area contributed by atoms with Gasteiger partial charge in [0.15, 0.2) is 0 Å². The minimum Gasteiger partial charge on any atom is -0.393 e. The number of allylic oxidation sites excluding steroid dienone is 1. The number of aliphatic hydroxyl groups is 1. The van der Waals surface area contributed by atoms with E-state index in [4.69, 9.17) is 0 Å². The first-order chi connectivity index (χ1) is 14.3. The first kappa shape index (κ1) is 22.5. The van der Waals surface area contributed by atoms with Crippen LogP contribution in [0.4, 0.5) is 0 Å². The standard InChI is InChI=1S/C30H50O/c1-19(2)20-11-14-27(5)17-18-29(7)21(25(20)27)9-10-23-28(6)15-13-24(31)26(3,4)22(28)12-16-30(23,29)8/h20-25,31H,1,9-18H2,2-8H3/t20?,21-,22+,23?,24-,25?,27-,28+,29-,30-/m1/s1. The van der Waals surface area contributed by atoms with Crippen molar-refractivity contribution in [2.75, 3.05) is 0 Å². The van der Waals surface area contributed by atoms with Crippen LogP contribution in [0, 0.1) is 56.7 Å². The van der Waals surface area contributed by atoms with Gasteiger partial charge in [0.25, 0.3) is 0 Å². The lowest BCUT2D eigenvalue weighted by Crippen LogP contribution is -2.66. The largest absolute Gasteiger partial charge is 0.393 e. The summed E-state index contributed by atoms with van der Waals surface area (Å²) in [6.07, 6.45) is 13.4. The molecule has 0 aliphatic heterocycles. The monoisotopic (exact) mass is 426 g/mol. The Morgan fingerprint density at radius 1 is 0.742 bits per heavy atom. The van der Waals surface area contributed by atoms with E-state index in [-0.39, 0.29) is 11.5 Å². The van der Waals surface area contributed by atoms with Gasteiger partial charge in [-0.1, -0.05) is 53.7 Å². The topological polar surface area (TPSA) is 20.2 Å². The number of hydrogen-bond acceptors (Lipinski definition) is 1. The third kappa shape index (κ3) is 2.65. The Bertz CT molecular complexity index is 766. The molecule has 3 unspecified atom stereocenters. The van der Waals surface area contributed by atoms with Gasteiger partial charge in [0, 0.05) is 0 Å². The maximum absolute atomic E-state index is 10.9. The molecule has 0 heterocycles. The molecule has 0 radical (unpaired) electrons. The molecule has 0 bridgehead atoms. The van der Waals surface area contributed by atoms with Crippen molar-refractivity contribution in [3.63, 3.8) is 0 Å². The van der Waals surface area contributed by atoms with E-state index in [0.717, 1.165) is 30.1 Å². The summed E-state index contributed by atoms with van der Waals surface area (Å²) in [4.78, 5) is 0.